The SMILES string of the molecule is Cc1ccc(C2NCC(CN3CCOC3=O)C(N3CCC(CN)C3)N2)cc1Cl. The third-order valence-electron chi connectivity index (χ3n) is 6.24. The molecule has 0 aromatic heterocycles. The number of hydrogen-bond acceptors (Lipinski definition) is 6. The van der Waals surface area contributed by atoms with Gasteiger partial charge >= 0.3 is 6.09 Å². The van der Waals surface area contributed by atoms with Crippen LogP contribution < -0.4 is 16.4 Å². The summed E-state index contributed by atoms with van der Waals surface area (Å²) in [6, 6.07) is 6.21. The monoisotopic (exact) mass is 407 g/mol. The van der Waals surface area contributed by atoms with E-state index in [4.69, 9.17) is 22.1 Å². The zero-order chi connectivity index (χ0) is 19.7. The van der Waals surface area contributed by atoms with Gasteiger partial charge in [-0.3, -0.25) is 15.5 Å². The van der Waals surface area contributed by atoms with Crippen LogP contribution in [0.3, 0.4) is 0 Å². The number of nitrogens with one attached hydrogen (secondary N) is 2. The van der Waals surface area contributed by atoms with Crippen molar-refractivity contribution in [3.8, 4) is 0 Å². The Hall–Kier alpha value is -1.38. The van der Waals surface area contributed by atoms with Gasteiger partial charge < -0.3 is 15.4 Å². The average Bonchev–Trinajstić information content (AvgIpc) is 3.34. The number of ether oxygens (including phenoxy) is 1. The Bertz CT molecular complexity index is 718. The highest BCUT2D eigenvalue weighted by Crippen LogP contribution is 2.28. The maximum atomic E-state index is 11.9. The lowest BCUT2D eigenvalue weighted by Gasteiger charge is -2.44. The van der Waals surface area contributed by atoms with Gasteiger partial charge in [0.25, 0.3) is 0 Å². The summed E-state index contributed by atoms with van der Waals surface area (Å²) in [5.74, 6) is 0.820. The van der Waals surface area contributed by atoms with Crippen molar-refractivity contribution in [3.05, 3.63) is 34.3 Å². The standard InChI is InChI=1S/C20H30ClN5O2/c1-13-2-3-15(8-17(13)21)18-23-10-16(12-26-6-7-28-20(26)27)19(24-18)25-5-4-14(9-22)11-25/h2-3,8,14,16,18-19,23-24H,4-7,9-12,22H2,1H3. The largest absolute Gasteiger partial charge is 0.448 e. The fourth-order valence-corrected chi connectivity index (χ4v) is 4.69. The second kappa shape index (κ2) is 8.55. The van der Waals surface area contributed by atoms with Crippen LogP contribution in [0.4, 0.5) is 4.79 Å². The number of nitrogens with zero attached hydrogens (tertiary/aromatic N) is 2. The lowest BCUT2D eigenvalue weighted by atomic mass is 9.98. The molecule has 4 unspecified atom stereocenters. The van der Waals surface area contributed by atoms with Crippen LogP contribution in [-0.4, -0.2) is 67.9 Å². The van der Waals surface area contributed by atoms with E-state index in [0.29, 0.717) is 25.6 Å². The van der Waals surface area contributed by atoms with Gasteiger partial charge in [0.2, 0.25) is 0 Å². The minimum atomic E-state index is -0.201. The first kappa shape index (κ1) is 19.9. The predicted molar refractivity (Wildman–Crippen MR) is 109 cm³/mol. The van der Waals surface area contributed by atoms with Gasteiger partial charge in [0.1, 0.15) is 6.61 Å². The first-order valence-electron chi connectivity index (χ1n) is 10.2. The van der Waals surface area contributed by atoms with Crippen molar-refractivity contribution in [1.29, 1.82) is 0 Å². The van der Waals surface area contributed by atoms with Crippen molar-refractivity contribution in [2.24, 2.45) is 17.6 Å². The number of cyclic esters (lactones) is 1. The summed E-state index contributed by atoms with van der Waals surface area (Å²) in [5.41, 5.74) is 8.13. The van der Waals surface area contributed by atoms with Crippen LogP contribution in [0, 0.1) is 18.8 Å². The van der Waals surface area contributed by atoms with Crippen molar-refractivity contribution in [2.75, 3.05) is 45.9 Å². The number of hydrogen-bond donors (Lipinski definition) is 3. The minimum absolute atomic E-state index is 0.0295. The third kappa shape index (κ3) is 4.14. The Kier molecular flexibility index (Phi) is 6.08. The van der Waals surface area contributed by atoms with Crippen molar-refractivity contribution in [2.45, 2.75) is 25.7 Å². The van der Waals surface area contributed by atoms with Crippen LogP contribution in [0.2, 0.25) is 5.02 Å². The lowest BCUT2D eigenvalue weighted by molar-refractivity contribution is 0.0642. The molecule has 8 heteroatoms. The maximum Gasteiger partial charge on any atom is 0.409 e. The van der Waals surface area contributed by atoms with Gasteiger partial charge in [0.05, 0.1) is 18.9 Å². The second-order valence-corrected chi connectivity index (χ2v) is 8.57. The summed E-state index contributed by atoms with van der Waals surface area (Å²) < 4.78 is 5.12. The highest BCUT2D eigenvalue weighted by atomic mass is 35.5. The normalized spacial score (nSPS) is 31.4. The summed E-state index contributed by atoms with van der Waals surface area (Å²) in [6.45, 7) is 7.43. The van der Waals surface area contributed by atoms with Crippen molar-refractivity contribution in [3.63, 3.8) is 0 Å². The fraction of sp³-hybridized carbons (Fsp3) is 0.650. The first-order chi connectivity index (χ1) is 13.5. The molecule has 0 aliphatic carbocycles. The highest BCUT2D eigenvalue weighted by molar-refractivity contribution is 6.31. The molecule has 28 heavy (non-hydrogen) atoms. The Morgan fingerprint density at radius 3 is 2.89 bits per heavy atom. The molecule has 4 N–H and O–H groups in total. The molecule has 3 saturated heterocycles. The lowest BCUT2D eigenvalue weighted by Crippen LogP contribution is -2.62. The van der Waals surface area contributed by atoms with Crippen molar-refractivity contribution >= 4 is 17.7 Å². The minimum Gasteiger partial charge on any atom is -0.448 e. The Morgan fingerprint density at radius 1 is 1.36 bits per heavy atom. The van der Waals surface area contributed by atoms with E-state index in [1.807, 2.05) is 17.9 Å². The summed E-state index contributed by atoms with van der Waals surface area (Å²) in [4.78, 5) is 16.3. The molecule has 1 amide bonds. The van der Waals surface area contributed by atoms with Gasteiger partial charge in [-0.1, -0.05) is 23.7 Å². The predicted octanol–water partition coefficient (Wildman–Crippen LogP) is 1.51. The first-order valence-corrected chi connectivity index (χ1v) is 10.5. The molecule has 3 fully saturated rings. The van der Waals surface area contributed by atoms with Crippen LogP contribution in [-0.2, 0) is 4.74 Å². The molecule has 0 bridgehead atoms. The van der Waals surface area contributed by atoms with Gasteiger partial charge in [-0.15, -0.1) is 0 Å². The summed E-state index contributed by atoms with van der Waals surface area (Å²) in [6.07, 6.45) is 1.13. The van der Waals surface area contributed by atoms with E-state index in [0.717, 1.165) is 48.7 Å². The molecular formula is C20H30ClN5O2. The number of aryl methyl sites for hydroxylation is 1. The topological polar surface area (TPSA) is 82.9 Å². The van der Waals surface area contributed by atoms with E-state index in [1.54, 1.807) is 0 Å². The van der Waals surface area contributed by atoms with E-state index in [1.165, 1.54) is 0 Å². The molecule has 3 heterocycles. The van der Waals surface area contributed by atoms with Gasteiger partial charge in [-0.05, 0) is 43.0 Å². The molecule has 0 radical (unpaired) electrons. The molecular weight excluding hydrogens is 378 g/mol. The second-order valence-electron chi connectivity index (χ2n) is 8.17. The molecule has 7 nitrogen and oxygen atoms in total. The summed E-state index contributed by atoms with van der Waals surface area (Å²) >= 11 is 6.35. The average molecular weight is 408 g/mol. The molecule has 3 aliphatic heterocycles. The van der Waals surface area contributed by atoms with Crippen LogP contribution in [0.25, 0.3) is 0 Å². The number of benzene rings is 1. The number of carbonyl (C=O) groups excluding carboxylic acids is 1. The van der Waals surface area contributed by atoms with E-state index in [-0.39, 0.29) is 24.3 Å². The van der Waals surface area contributed by atoms with Gasteiger partial charge in [0.15, 0.2) is 0 Å². The van der Waals surface area contributed by atoms with E-state index in [9.17, 15) is 4.79 Å². The smallest absolute Gasteiger partial charge is 0.409 e. The van der Waals surface area contributed by atoms with Gasteiger partial charge in [-0.2, -0.15) is 0 Å². The van der Waals surface area contributed by atoms with Crippen LogP contribution >= 0.6 is 11.6 Å². The van der Waals surface area contributed by atoms with E-state index >= 15 is 0 Å². The van der Waals surface area contributed by atoms with Gasteiger partial charge in [0, 0.05) is 37.1 Å². The number of rotatable bonds is 5. The van der Waals surface area contributed by atoms with Crippen LogP contribution in [0.5, 0.6) is 0 Å². The van der Waals surface area contributed by atoms with Crippen LogP contribution in [0.15, 0.2) is 18.2 Å². The summed E-state index contributed by atoms with van der Waals surface area (Å²) in [5, 5.41) is 8.16. The molecule has 0 saturated carbocycles. The Morgan fingerprint density at radius 2 is 2.21 bits per heavy atom. The molecule has 154 valence electrons. The van der Waals surface area contributed by atoms with Crippen molar-refractivity contribution < 1.29 is 9.53 Å². The number of amides is 1. The fourth-order valence-electron chi connectivity index (χ4n) is 4.50. The maximum absolute atomic E-state index is 11.9. The Balaban J connectivity index is 1.51. The summed E-state index contributed by atoms with van der Waals surface area (Å²) in [7, 11) is 0. The van der Waals surface area contributed by atoms with Crippen molar-refractivity contribution in [1.82, 2.24) is 20.4 Å². The third-order valence-corrected chi connectivity index (χ3v) is 6.65. The molecule has 1 aromatic rings. The van der Waals surface area contributed by atoms with E-state index < -0.39 is 0 Å². The van der Waals surface area contributed by atoms with Gasteiger partial charge in [-0.25, -0.2) is 4.79 Å². The number of likely N-dealkylation sites (tertiary alicyclic amines) is 1. The molecule has 3 aliphatic rings. The number of halogens is 1. The van der Waals surface area contributed by atoms with Crippen LogP contribution in [0.1, 0.15) is 23.7 Å². The zero-order valence-corrected chi connectivity index (χ0v) is 17.1. The zero-order valence-electron chi connectivity index (χ0n) is 16.4. The highest BCUT2D eigenvalue weighted by Gasteiger charge is 2.39. The van der Waals surface area contributed by atoms with E-state index in [2.05, 4.69) is 27.7 Å². The molecule has 1 aromatic carbocycles. The molecule has 4 rings (SSSR count). The molecule has 4 atom stereocenters. The number of carbonyl (C=O) groups is 1. The molecule has 0 spiro atoms. The Labute approximate surface area is 171 Å². The number of nitrogens with two attached hydrogens (primary N) is 1. The quantitative estimate of drug-likeness (QED) is 0.686.